The second-order valence-corrected chi connectivity index (χ2v) is 5.47. The summed E-state index contributed by atoms with van der Waals surface area (Å²) in [5, 5.41) is 11.1. The molecular formula is C16H17F3O. The van der Waals surface area contributed by atoms with Crippen molar-refractivity contribution in [3.05, 3.63) is 47.5 Å². The topological polar surface area (TPSA) is 20.2 Å². The highest BCUT2D eigenvalue weighted by atomic mass is 19.4. The lowest BCUT2D eigenvalue weighted by atomic mass is 9.86. The van der Waals surface area contributed by atoms with Crippen molar-refractivity contribution in [2.24, 2.45) is 0 Å². The summed E-state index contributed by atoms with van der Waals surface area (Å²) in [4.78, 5) is 0. The molecule has 2 rings (SSSR count). The molecule has 0 bridgehead atoms. The van der Waals surface area contributed by atoms with E-state index in [2.05, 4.69) is 0 Å². The third-order valence-electron chi connectivity index (χ3n) is 3.66. The molecule has 0 spiro atoms. The second kappa shape index (κ2) is 4.77. The highest BCUT2D eigenvalue weighted by Crippen LogP contribution is 2.42. The molecule has 2 aromatic rings. The fourth-order valence-electron chi connectivity index (χ4n) is 2.40. The maximum atomic E-state index is 13.1. The van der Waals surface area contributed by atoms with Gasteiger partial charge in [0.2, 0.25) is 0 Å². The molecule has 1 nitrogen and oxygen atoms in total. The van der Waals surface area contributed by atoms with Gasteiger partial charge in [-0.2, -0.15) is 13.2 Å². The number of alkyl halides is 3. The Hall–Kier alpha value is -1.55. The van der Waals surface area contributed by atoms with Gasteiger partial charge in [-0.15, -0.1) is 0 Å². The van der Waals surface area contributed by atoms with E-state index in [9.17, 15) is 18.3 Å². The molecule has 20 heavy (non-hydrogen) atoms. The zero-order chi connectivity index (χ0) is 15.1. The number of hydrogen-bond donors (Lipinski definition) is 1. The Morgan fingerprint density at radius 3 is 2.00 bits per heavy atom. The van der Waals surface area contributed by atoms with Gasteiger partial charge in [-0.25, -0.2) is 0 Å². The van der Waals surface area contributed by atoms with E-state index < -0.39 is 11.8 Å². The minimum atomic E-state index is -4.71. The molecule has 1 N–H and O–H groups in total. The smallest absolute Gasteiger partial charge is 0.376 e. The average molecular weight is 282 g/mol. The van der Waals surface area contributed by atoms with Crippen LogP contribution in [-0.2, 0) is 5.60 Å². The first kappa shape index (κ1) is 14.9. The molecule has 0 aromatic heterocycles. The van der Waals surface area contributed by atoms with Gasteiger partial charge >= 0.3 is 6.18 Å². The first-order valence-electron chi connectivity index (χ1n) is 6.47. The van der Waals surface area contributed by atoms with E-state index in [1.165, 1.54) is 6.07 Å². The Morgan fingerprint density at radius 2 is 1.50 bits per heavy atom. The van der Waals surface area contributed by atoms with Gasteiger partial charge in [0.15, 0.2) is 5.60 Å². The third-order valence-corrected chi connectivity index (χ3v) is 3.66. The van der Waals surface area contributed by atoms with E-state index in [1.807, 2.05) is 13.8 Å². The van der Waals surface area contributed by atoms with Crippen molar-refractivity contribution in [1.82, 2.24) is 0 Å². The fraction of sp³-hybridized carbons (Fsp3) is 0.375. The van der Waals surface area contributed by atoms with Gasteiger partial charge < -0.3 is 5.11 Å². The molecule has 108 valence electrons. The zero-order valence-corrected chi connectivity index (χ0v) is 11.6. The van der Waals surface area contributed by atoms with Crippen LogP contribution in [0.5, 0.6) is 0 Å². The molecule has 0 heterocycles. The molecular weight excluding hydrogens is 265 g/mol. The largest absolute Gasteiger partial charge is 0.421 e. The van der Waals surface area contributed by atoms with Crippen molar-refractivity contribution >= 4 is 10.8 Å². The van der Waals surface area contributed by atoms with E-state index in [0.717, 1.165) is 17.9 Å². The lowest BCUT2D eigenvalue weighted by Crippen LogP contribution is -2.39. The van der Waals surface area contributed by atoms with Crippen LogP contribution in [0.2, 0.25) is 0 Å². The summed E-state index contributed by atoms with van der Waals surface area (Å²) in [6, 6.07) is 9.94. The lowest BCUT2D eigenvalue weighted by molar-refractivity contribution is -0.258. The predicted molar refractivity (Wildman–Crippen MR) is 73.7 cm³/mol. The van der Waals surface area contributed by atoms with Gasteiger partial charge in [-0.05, 0) is 29.2 Å². The van der Waals surface area contributed by atoms with Crippen LogP contribution in [0.4, 0.5) is 13.2 Å². The number of benzene rings is 2. The molecule has 1 unspecified atom stereocenters. The highest BCUT2D eigenvalue weighted by Gasteiger charge is 2.51. The average Bonchev–Trinajstić information content (AvgIpc) is 2.35. The Balaban J connectivity index is 2.78. The van der Waals surface area contributed by atoms with Crippen molar-refractivity contribution in [3.63, 3.8) is 0 Å². The quantitative estimate of drug-likeness (QED) is 0.844. The van der Waals surface area contributed by atoms with Gasteiger partial charge in [0.25, 0.3) is 0 Å². The summed E-state index contributed by atoms with van der Waals surface area (Å²) >= 11 is 0. The van der Waals surface area contributed by atoms with Crippen LogP contribution in [0.15, 0.2) is 36.4 Å². The summed E-state index contributed by atoms with van der Waals surface area (Å²) < 4.78 is 39.2. The van der Waals surface area contributed by atoms with Crippen LogP contribution in [0.3, 0.4) is 0 Å². The van der Waals surface area contributed by atoms with Crippen molar-refractivity contribution in [3.8, 4) is 0 Å². The van der Waals surface area contributed by atoms with Gasteiger partial charge in [-0.1, -0.05) is 50.2 Å². The van der Waals surface area contributed by atoms with Gasteiger partial charge in [0.1, 0.15) is 0 Å². The van der Waals surface area contributed by atoms with E-state index >= 15 is 0 Å². The summed E-state index contributed by atoms with van der Waals surface area (Å²) in [5.74, 6) is 0.199. The SMILES string of the molecule is CC(C)c1ccc(C(C)(O)C(F)(F)F)c2ccccc12. The van der Waals surface area contributed by atoms with Crippen LogP contribution in [0.1, 0.15) is 37.8 Å². The van der Waals surface area contributed by atoms with Crippen LogP contribution in [0.25, 0.3) is 10.8 Å². The van der Waals surface area contributed by atoms with Gasteiger partial charge in [-0.3, -0.25) is 0 Å². The molecule has 0 fully saturated rings. The molecule has 2 aromatic carbocycles. The highest BCUT2D eigenvalue weighted by molar-refractivity contribution is 5.89. The van der Waals surface area contributed by atoms with Gasteiger partial charge in [0.05, 0.1) is 0 Å². The van der Waals surface area contributed by atoms with Crippen molar-refractivity contribution < 1.29 is 18.3 Å². The Bertz CT molecular complexity index is 627. The van der Waals surface area contributed by atoms with Crippen LogP contribution in [0, 0.1) is 0 Å². The number of fused-ring (bicyclic) bond motifs is 1. The number of hydrogen-bond acceptors (Lipinski definition) is 1. The number of rotatable bonds is 2. The molecule has 0 radical (unpaired) electrons. The van der Waals surface area contributed by atoms with Crippen LogP contribution >= 0.6 is 0 Å². The zero-order valence-electron chi connectivity index (χ0n) is 11.6. The van der Waals surface area contributed by atoms with Gasteiger partial charge in [0, 0.05) is 5.56 Å². The monoisotopic (exact) mass is 282 g/mol. The van der Waals surface area contributed by atoms with E-state index in [0.29, 0.717) is 5.39 Å². The normalized spacial score (nSPS) is 15.6. The molecule has 0 aliphatic carbocycles. The third kappa shape index (κ3) is 2.29. The maximum Gasteiger partial charge on any atom is 0.421 e. The summed E-state index contributed by atoms with van der Waals surface area (Å²) in [7, 11) is 0. The Labute approximate surface area is 116 Å². The Kier molecular flexibility index (Phi) is 3.54. The predicted octanol–water partition coefficient (Wildman–Crippen LogP) is 4.73. The number of halogens is 3. The second-order valence-electron chi connectivity index (χ2n) is 5.47. The minimum Gasteiger partial charge on any atom is -0.376 e. The lowest BCUT2D eigenvalue weighted by Gasteiger charge is -2.28. The fourth-order valence-corrected chi connectivity index (χ4v) is 2.40. The molecule has 0 aliphatic heterocycles. The van der Waals surface area contributed by atoms with Crippen LogP contribution in [-0.4, -0.2) is 11.3 Å². The van der Waals surface area contributed by atoms with E-state index in [1.54, 1.807) is 30.3 Å². The first-order valence-corrected chi connectivity index (χ1v) is 6.47. The molecule has 0 amide bonds. The van der Waals surface area contributed by atoms with E-state index in [4.69, 9.17) is 0 Å². The summed E-state index contributed by atoms with van der Waals surface area (Å²) in [5.41, 5.74) is -1.99. The molecule has 1 atom stereocenters. The summed E-state index contributed by atoms with van der Waals surface area (Å²) in [6.07, 6.45) is -4.71. The van der Waals surface area contributed by atoms with Crippen molar-refractivity contribution in [2.45, 2.75) is 38.5 Å². The first-order chi connectivity index (χ1) is 9.16. The minimum absolute atomic E-state index is 0.106. The molecule has 4 heteroatoms. The van der Waals surface area contributed by atoms with Crippen LogP contribution < -0.4 is 0 Å². The molecule has 0 saturated carbocycles. The van der Waals surface area contributed by atoms with Crippen molar-refractivity contribution in [2.75, 3.05) is 0 Å². The standard InChI is InChI=1S/C16H17F3O/c1-10(2)11-8-9-14(15(3,20)16(17,18)19)13-7-5-4-6-12(11)13/h4-10,20H,1-3H3. The maximum absolute atomic E-state index is 13.1. The Morgan fingerprint density at radius 1 is 0.950 bits per heavy atom. The van der Waals surface area contributed by atoms with Crippen molar-refractivity contribution in [1.29, 1.82) is 0 Å². The van der Waals surface area contributed by atoms with E-state index in [-0.39, 0.29) is 11.5 Å². The molecule has 0 saturated heterocycles. The number of aliphatic hydroxyl groups is 1. The molecule has 0 aliphatic rings. The summed E-state index contributed by atoms with van der Waals surface area (Å²) in [6.45, 7) is 4.77.